The van der Waals surface area contributed by atoms with Gasteiger partial charge in [0, 0.05) is 25.9 Å². The van der Waals surface area contributed by atoms with Crippen LogP contribution in [0, 0.1) is 0 Å². The van der Waals surface area contributed by atoms with Crippen LogP contribution in [0.15, 0.2) is 28.8 Å². The maximum atomic E-state index is 11.6. The summed E-state index contributed by atoms with van der Waals surface area (Å²) in [5, 5.41) is 4.98. The van der Waals surface area contributed by atoms with Gasteiger partial charge < -0.3 is 10.6 Å². The van der Waals surface area contributed by atoms with E-state index in [-0.39, 0.29) is 24.3 Å². The predicted octanol–water partition coefficient (Wildman–Crippen LogP) is -0.294. The number of hydrogen-bond donors (Lipinski definition) is 2. The van der Waals surface area contributed by atoms with Gasteiger partial charge in [-0.2, -0.15) is 0 Å². The van der Waals surface area contributed by atoms with Crippen molar-refractivity contribution in [2.45, 2.75) is 4.83 Å². The summed E-state index contributed by atoms with van der Waals surface area (Å²) in [5.41, 5.74) is 0.310. The van der Waals surface area contributed by atoms with Crippen molar-refractivity contribution in [1.29, 1.82) is 0 Å². The highest BCUT2D eigenvalue weighted by molar-refractivity contribution is 9.10. The maximum absolute atomic E-state index is 11.6. The van der Waals surface area contributed by atoms with Gasteiger partial charge in [0.15, 0.2) is 0 Å². The summed E-state index contributed by atoms with van der Waals surface area (Å²) in [4.78, 5) is 36.5. The average molecular weight is 314 g/mol. The zero-order chi connectivity index (χ0) is 13.5. The molecule has 0 aromatic heterocycles. The molecule has 2 N–H and O–H groups in total. The highest BCUT2D eigenvalue weighted by Gasteiger charge is 2.19. The van der Waals surface area contributed by atoms with Crippen LogP contribution in [0.1, 0.15) is 0 Å². The molecule has 0 saturated heterocycles. The van der Waals surface area contributed by atoms with Gasteiger partial charge in [-0.1, -0.05) is 22.0 Å². The first-order chi connectivity index (χ1) is 8.54. The van der Waals surface area contributed by atoms with Crippen LogP contribution < -0.4 is 10.6 Å². The minimum atomic E-state index is -0.565. The van der Waals surface area contributed by atoms with Gasteiger partial charge in [0.1, 0.15) is 4.83 Å². The quantitative estimate of drug-likeness (QED) is 0.552. The van der Waals surface area contributed by atoms with Crippen LogP contribution in [-0.4, -0.2) is 42.4 Å². The highest BCUT2D eigenvalue weighted by atomic mass is 79.9. The highest BCUT2D eigenvalue weighted by Crippen LogP contribution is 2.11. The summed E-state index contributed by atoms with van der Waals surface area (Å²) >= 11 is 3.09. The van der Waals surface area contributed by atoms with Crippen molar-refractivity contribution in [2.24, 2.45) is 4.99 Å². The van der Waals surface area contributed by atoms with Gasteiger partial charge in [0.2, 0.25) is 5.91 Å². The molecule has 96 valence electrons. The minimum absolute atomic E-state index is 0.221. The molecule has 7 heteroatoms. The summed E-state index contributed by atoms with van der Waals surface area (Å²) in [6.07, 6.45) is 5.54. The Labute approximate surface area is 112 Å². The summed E-state index contributed by atoms with van der Waals surface area (Å²) in [5.74, 6) is -0.933. The molecule has 18 heavy (non-hydrogen) atoms. The number of dihydropyridines is 1. The molecule has 0 aromatic rings. The molecule has 6 nitrogen and oxygen atoms in total. The molecule has 3 amide bonds. The van der Waals surface area contributed by atoms with Crippen LogP contribution in [0.4, 0.5) is 0 Å². The topological polar surface area (TPSA) is 87.6 Å². The van der Waals surface area contributed by atoms with Crippen molar-refractivity contribution < 1.29 is 14.4 Å². The molecule has 0 aliphatic carbocycles. The molecule has 1 aliphatic heterocycles. The van der Waals surface area contributed by atoms with E-state index in [1.165, 1.54) is 31.5 Å². The molecule has 1 aliphatic rings. The maximum Gasteiger partial charge on any atom is 0.263 e. The molecule has 0 bridgehead atoms. The summed E-state index contributed by atoms with van der Waals surface area (Å²) in [7, 11) is 1.52. The van der Waals surface area contributed by atoms with Crippen molar-refractivity contribution in [3.05, 3.63) is 23.8 Å². The van der Waals surface area contributed by atoms with E-state index < -0.39 is 4.83 Å². The first-order valence-corrected chi connectivity index (χ1v) is 6.06. The fourth-order valence-corrected chi connectivity index (χ4v) is 1.52. The molecule has 0 spiro atoms. The Bertz CT molecular complexity index is 454. The number of nitrogens with zero attached hydrogens (tertiary/aromatic N) is 1. The second kappa shape index (κ2) is 6.85. The van der Waals surface area contributed by atoms with Crippen molar-refractivity contribution in [2.75, 3.05) is 13.6 Å². The largest absolute Gasteiger partial charge is 0.356 e. The van der Waals surface area contributed by atoms with Gasteiger partial charge in [0.25, 0.3) is 11.8 Å². The van der Waals surface area contributed by atoms with Gasteiger partial charge >= 0.3 is 0 Å². The minimum Gasteiger partial charge on any atom is -0.356 e. The molecule has 1 atom stereocenters. The van der Waals surface area contributed by atoms with Gasteiger partial charge in [-0.25, -0.2) is 4.99 Å². The normalized spacial score (nSPS) is 18.7. The van der Waals surface area contributed by atoms with Crippen molar-refractivity contribution >= 4 is 39.9 Å². The van der Waals surface area contributed by atoms with Gasteiger partial charge in [-0.15, -0.1) is 0 Å². The molecule has 0 radical (unpaired) electrons. The first kappa shape index (κ1) is 14.3. The molecule has 1 rings (SSSR count). The Morgan fingerprint density at radius 1 is 1.56 bits per heavy atom. The van der Waals surface area contributed by atoms with Gasteiger partial charge in [-0.05, 0) is 6.08 Å². The van der Waals surface area contributed by atoms with E-state index in [0.717, 1.165) is 0 Å². The van der Waals surface area contributed by atoms with Gasteiger partial charge in [-0.3, -0.25) is 14.4 Å². The van der Waals surface area contributed by atoms with Crippen LogP contribution in [0.25, 0.3) is 0 Å². The molecular weight excluding hydrogens is 302 g/mol. The third-order valence-corrected chi connectivity index (χ3v) is 2.71. The summed E-state index contributed by atoms with van der Waals surface area (Å²) in [6.45, 7) is 0.221. The Morgan fingerprint density at radius 3 is 2.89 bits per heavy atom. The fourth-order valence-electron chi connectivity index (χ4n) is 1.11. The zero-order valence-corrected chi connectivity index (χ0v) is 11.2. The van der Waals surface area contributed by atoms with Crippen molar-refractivity contribution in [3.8, 4) is 0 Å². The van der Waals surface area contributed by atoms with Crippen molar-refractivity contribution in [1.82, 2.24) is 10.6 Å². The van der Waals surface area contributed by atoms with E-state index in [1.54, 1.807) is 0 Å². The number of aliphatic imine (C=N–C) groups is 1. The number of carbonyl (C=O) groups excluding carboxylic acids is 3. The summed E-state index contributed by atoms with van der Waals surface area (Å²) in [6, 6.07) is 0. The number of halogens is 1. The molecule has 0 saturated carbocycles. The molecule has 0 aromatic carbocycles. The number of hydrogen-bond acceptors (Lipinski definition) is 3. The lowest BCUT2D eigenvalue weighted by molar-refractivity contribution is -0.117. The fraction of sp³-hybridized carbons (Fsp3) is 0.273. The number of rotatable bonds is 4. The summed E-state index contributed by atoms with van der Waals surface area (Å²) < 4.78 is 0. The Hall–Kier alpha value is -1.76. The van der Waals surface area contributed by atoms with E-state index in [1.807, 2.05) is 0 Å². The zero-order valence-electron chi connectivity index (χ0n) is 9.64. The molecule has 0 fully saturated rings. The second-order valence-corrected chi connectivity index (χ2v) is 4.33. The predicted molar refractivity (Wildman–Crippen MR) is 70.5 cm³/mol. The Morgan fingerprint density at radius 2 is 2.28 bits per heavy atom. The standard InChI is InChI=1S/C11H12BrN3O3/c1-13-9(16)3-2-4-14-10(17)7-5-8(12)11(18)15-6-7/h2-3,5-6,8H,4H2,1H3,(H,13,16)(H,14,17)/b3-2+. The number of alkyl halides is 1. The Kier molecular flexibility index (Phi) is 5.44. The lowest BCUT2D eigenvalue weighted by Crippen LogP contribution is -2.29. The van der Waals surface area contributed by atoms with Crippen LogP contribution in [-0.2, 0) is 14.4 Å². The molecular formula is C11H12BrN3O3. The third kappa shape index (κ3) is 4.25. The molecule has 1 heterocycles. The lowest BCUT2D eigenvalue weighted by Gasteiger charge is -2.08. The van der Waals surface area contributed by atoms with E-state index >= 15 is 0 Å². The third-order valence-electron chi connectivity index (χ3n) is 2.05. The first-order valence-electron chi connectivity index (χ1n) is 5.15. The SMILES string of the molecule is CNC(=O)/C=C/CNC(=O)C1=CC(Br)C(=O)N=C1. The number of amides is 3. The van der Waals surface area contributed by atoms with Crippen LogP contribution in [0.2, 0.25) is 0 Å². The monoisotopic (exact) mass is 313 g/mol. The second-order valence-electron chi connectivity index (χ2n) is 3.35. The van der Waals surface area contributed by atoms with Crippen LogP contribution in [0.5, 0.6) is 0 Å². The van der Waals surface area contributed by atoms with E-state index in [0.29, 0.717) is 5.57 Å². The van der Waals surface area contributed by atoms with Crippen molar-refractivity contribution in [3.63, 3.8) is 0 Å². The van der Waals surface area contributed by atoms with Gasteiger partial charge in [0.05, 0.1) is 5.57 Å². The average Bonchev–Trinajstić information content (AvgIpc) is 2.37. The van der Waals surface area contributed by atoms with E-state index in [4.69, 9.17) is 0 Å². The number of nitrogens with one attached hydrogen (secondary N) is 2. The van der Waals surface area contributed by atoms with E-state index in [2.05, 4.69) is 31.6 Å². The smallest absolute Gasteiger partial charge is 0.263 e. The van der Waals surface area contributed by atoms with Crippen LogP contribution in [0.3, 0.4) is 0 Å². The lowest BCUT2D eigenvalue weighted by atomic mass is 10.2. The van der Waals surface area contributed by atoms with Crippen LogP contribution >= 0.6 is 15.9 Å². The number of likely N-dealkylation sites (N-methyl/N-ethyl adjacent to an activating group) is 1. The van der Waals surface area contributed by atoms with E-state index in [9.17, 15) is 14.4 Å². The Balaban J connectivity index is 2.45. The molecule has 1 unspecified atom stereocenters. The number of carbonyl (C=O) groups is 3.